The lowest BCUT2D eigenvalue weighted by atomic mass is 10.1. The topological polar surface area (TPSA) is 0 Å². The van der Waals surface area contributed by atoms with Gasteiger partial charge < -0.3 is 0 Å². The number of thioether (sulfide) groups is 1. The fourth-order valence-electron chi connectivity index (χ4n) is 1.76. The Morgan fingerprint density at radius 2 is 1.38 bits per heavy atom. The first-order valence-corrected chi connectivity index (χ1v) is 8.26. The van der Waals surface area contributed by atoms with Crippen molar-refractivity contribution >= 4 is 11.8 Å². The Kier molecular flexibility index (Phi) is 15.2. The zero-order valence-electron chi connectivity index (χ0n) is 11.2. The standard InChI is InChI=1S/C15H30S/c1-3-5-7-8-9-10-11-13-15-16-14-12-6-4-2/h3H,1,4-15H2,2H3. The number of allylic oxidation sites excluding steroid dienone is 1. The Morgan fingerprint density at radius 1 is 0.812 bits per heavy atom. The molecule has 0 saturated carbocycles. The molecule has 0 radical (unpaired) electrons. The molecular weight excluding hydrogens is 212 g/mol. The van der Waals surface area contributed by atoms with E-state index in [1.54, 1.807) is 0 Å². The number of unbranched alkanes of at least 4 members (excludes halogenated alkanes) is 8. The summed E-state index contributed by atoms with van der Waals surface area (Å²) in [6.45, 7) is 6.02. The molecule has 0 aromatic heterocycles. The van der Waals surface area contributed by atoms with Crippen LogP contribution in [-0.4, -0.2) is 11.5 Å². The van der Waals surface area contributed by atoms with E-state index in [2.05, 4.69) is 25.3 Å². The lowest BCUT2D eigenvalue weighted by molar-refractivity contribution is 0.613. The first-order chi connectivity index (χ1) is 7.91. The van der Waals surface area contributed by atoms with Crippen molar-refractivity contribution < 1.29 is 0 Å². The average molecular weight is 242 g/mol. The highest BCUT2D eigenvalue weighted by Crippen LogP contribution is 2.12. The molecule has 0 heterocycles. The fourth-order valence-corrected chi connectivity index (χ4v) is 2.78. The van der Waals surface area contributed by atoms with Gasteiger partial charge in [-0.2, -0.15) is 11.8 Å². The molecule has 0 spiro atoms. The summed E-state index contributed by atoms with van der Waals surface area (Å²) >= 11 is 2.15. The molecule has 0 aromatic rings. The largest absolute Gasteiger partial charge is 0.162 e. The second kappa shape index (κ2) is 15.1. The van der Waals surface area contributed by atoms with Crippen molar-refractivity contribution in [2.45, 2.75) is 71.1 Å². The first-order valence-electron chi connectivity index (χ1n) is 7.10. The lowest BCUT2D eigenvalue weighted by Gasteiger charge is -2.02. The van der Waals surface area contributed by atoms with Gasteiger partial charge in [0.05, 0.1) is 0 Å². The highest BCUT2D eigenvalue weighted by atomic mass is 32.2. The van der Waals surface area contributed by atoms with Crippen LogP contribution in [0.5, 0.6) is 0 Å². The predicted octanol–water partition coefficient (Wildman–Crippen LogP) is 5.83. The van der Waals surface area contributed by atoms with Crippen molar-refractivity contribution in [2.75, 3.05) is 11.5 Å². The van der Waals surface area contributed by atoms with Crippen LogP contribution >= 0.6 is 11.8 Å². The summed E-state index contributed by atoms with van der Waals surface area (Å²) in [5, 5.41) is 0. The molecule has 0 nitrogen and oxygen atoms in total. The molecule has 1 heteroatoms. The minimum atomic E-state index is 1.20. The predicted molar refractivity (Wildman–Crippen MR) is 79.4 cm³/mol. The number of hydrogen-bond donors (Lipinski definition) is 0. The van der Waals surface area contributed by atoms with Gasteiger partial charge in [-0.05, 0) is 37.2 Å². The van der Waals surface area contributed by atoms with Gasteiger partial charge in [-0.15, -0.1) is 6.58 Å². The Hall–Kier alpha value is 0.0900. The van der Waals surface area contributed by atoms with Crippen LogP contribution in [0.3, 0.4) is 0 Å². The second-order valence-electron chi connectivity index (χ2n) is 4.52. The first kappa shape index (κ1) is 16.1. The van der Waals surface area contributed by atoms with Crippen LogP contribution in [0.4, 0.5) is 0 Å². The van der Waals surface area contributed by atoms with Crippen LogP contribution in [0.2, 0.25) is 0 Å². The third-order valence-corrected chi connectivity index (χ3v) is 3.99. The van der Waals surface area contributed by atoms with Gasteiger partial charge in [-0.25, -0.2) is 0 Å². The molecule has 0 aromatic carbocycles. The van der Waals surface area contributed by atoms with Gasteiger partial charge in [0.25, 0.3) is 0 Å². The van der Waals surface area contributed by atoms with E-state index < -0.39 is 0 Å². The molecule has 0 fully saturated rings. The molecule has 0 amide bonds. The Balaban J connectivity index is 2.85. The van der Waals surface area contributed by atoms with E-state index in [4.69, 9.17) is 0 Å². The zero-order chi connectivity index (χ0) is 11.9. The van der Waals surface area contributed by atoms with Crippen molar-refractivity contribution in [3.05, 3.63) is 12.7 Å². The van der Waals surface area contributed by atoms with Crippen LogP contribution < -0.4 is 0 Å². The van der Waals surface area contributed by atoms with Crippen molar-refractivity contribution in [1.29, 1.82) is 0 Å². The highest BCUT2D eigenvalue weighted by Gasteiger charge is 1.92. The average Bonchev–Trinajstić information content (AvgIpc) is 2.31. The lowest BCUT2D eigenvalue weighted by Crippen LogP contribution is -1.85. The smallest absolute Gasteiger partial charge is 0.00675 e. The summed E-state index contributed by atoms with van der Waals surface area (Å²) in [6, 6.07) is 0. The molecule has 0 rings (SSSR count). The van der Waals surface area contributed by atoms with Gasteiger partial charge in [0.1, 0.15) is 0 Å². The van der Waals surface area contributed by atoms with Crippen LogP contribution in [0.1, 0.15) is 71.1 Å². The van der Waals surface area contributed by atoms with Crippen LogP contribution in [-0.2, 0) is 0 Å². The molecule has 0 saturated heterocycles. The SMILES string of the molecule is C=CCCCCCCCCSCCCCC. The van der Waals surface area contributed by atoms with Gasteiger partial charge >= 0.3 is 0 Å². The number of rotatable bonds is 13. The summed E-state index contributed by atoms with van der Waals surface area (Å²) in [7, 11) is 0. The van der Waals surface area contributed by atoms with E-state index in [0.29, 0.717) is 0 Å². The van der Waals surface area contributed by atoms with Gasteiger partial charge in [-0.1, -0.05) is 51.5 Å². The van der Waals surface area contributed by atoms with Gasteiger partial charge in [0.2, 0.25) is 0 Å². The normalized spacial score (nSPS) is 10.6. The summed E-state index contributed by atoms with van der Waals surface area (Å²) in [4.78, 5) is 0. The van der Waals surface area contributed by atoms with Gasteiger partial charge in [-0.3, -0.25) is 0 Å². The maximum absolute atomic E-state index is 3.75. The van der Waals surface area contributed by atoms with Crippen molar-refractivity contribution in [3.8, 4) is 0 Å². The molecule has 0 aliphatic heterocycles. The van der Waals surface area contributed by atoms with Crippen LogP contribution in [0, 0.1) is 0 Å². The molecule has 0 bridgehead atoms. The number of hydrogen-bond acceptors (Lipinski definition) is 1. The zero-order valence-corrected chi connectivity index (χ0v) is 12.0. The van der Waals surface area contributed by atoms with Crippen molar-refractivity contribution in [2.24, 2.45) is 0 Å². The molecule has 96 valence electrons. The summed E-state index contributed by atoms with van der Waals surface area (Å²) in [6.07, 6.45) is 15.9. The van der Waals surface area contributed by atoms with E-state index in [1.165, 1.54) is 75.7 Å². The quantitative estimate of drug-likeness (QED) is 0.289. The molecule has 0 atom stereocenters. The fraction of sp³-hybridized carbons (Fsp3) is 0.867. The maximum Gasteiger partial charge on any atom is -0.00675 e. The maximum atomic E-state index is 3.75. The van der Waals surface area contributed by atoms with Gasteiger partial charge in [0.15, 0.2) is 0 Å². The third kappa shape index (κ3) is 14.1. The van der Waals surface area contributed by atoms with Crippen molar-refractivity contribution in [3.63, 3.8) is 0 Å². The second-order valence-corrected chi connectivity index (χ2v) is 5.74. The van der Waals surface area contributed by atoms with Crippen LogP contribution in [0.25, 0.3) is 0 Å². The Morgan fingerprint density at radius 3 is 2.00 bits per heavy atom. The van der Waals surface area contributed by atoms with E-state index in [0.717, 1.165) is 0 Å². The molecule has 0 aliphatic carbocycles. The Labute approximate surface area is 107 Å². The van der Waals surface area contributed by atoms with E-state index in [1.807, 2.05) is 6.08 Å². The van der Waals surface area contributed by atoms with Crippen LogP contribution in [0.15, 0.2) is 12.7 Å². The monoisotopic (exact) mass is 242 g/mol. The molecule has 16 heavy (non-hydrogen) atoms. The van der Waals surface area contributed by atoms with E-state index in [-0.39, 0.29) is 0 Å². The molecule has 0 aliphatic rings. The van der Waals surface area contributed by atoms with Gasteiger partial charge in [0, 0.05) is 0 Å². The Bertz CT molecular complexity index is 131. The highest BCUT2D eigenvalue weighted by molar-refractivity contribution is 7.99. The summed E-state index contributed by atoms with van der Waals surface area (Å²) in [5.74, 6) is 2.77. The summed E-state index contributed by atoms with van der Waals surface area (Å²) in [5.41, 5.74) is 0. The minimum Gasteiger partial charge on any atom is -0.162 e. The van der Waals surface area contributed by atoms with E-state index >= 15 is 0 Å². The minimum absolute atomic E-state index is 1.20. The van der Waals surface area contributed by atoms with Crippen molar-refractivity contribution in [1.82, 2.24) is 0 Å². The molecule has 0 unspecified atom stereocenters. The molecule has 0 N–H and O–H groups in total. The molecular formula is C15H30S. The summed E-state index contributed by atoms with van der Waals surface area (Å²) < 4.78 is 0. The third-order valence-electron chi connectivity index (χ3n) is 2.84. The van der Waals surface area contributed by atoms with E-state index in [9.17, 15) is 0 Å².